The molecule has 0 saturated carbocycles. The normalized spacial score (nSPS) is 20.9. The van der Waals surface area contributed by atoms with Gasteiger partial charge in [-0.15, -0.1) is 0 Å². The number of nitrogens with zero attached hydrogens (tertiary/aromatic N) is 1. The van der Waals surface area contributed by atoms with Crippen LogP contribution in [0.15, 0.2) is 24.3 Å². The second-order valence-corrected chi connectivity index (χ2v) is 4.98. The lowest BCUT2D eigenvalue weighted by Gasteiger charge is -2.24. The van der Waals surface area contributed by atoms with E-state index in [1.54, 1.807) is 0 Å². The van der Waals surface area contributed by atoms with Crippen LogP contribution >= 0.6 is 0 Å². The molecule has 2 nitrogen and oxygen atoms in total. The van der Waals surface area contributed by atoms with Crippen molar-refractivity contribution in [3.63, 3.8) is 0 Å². The summed E-state index contributed by atoms with van der Waals surface area (Å²) in [6.07, 6.45) is 5.01. The Kier molecular flexibility index (Phi) is 4.57. The average molecular weight is 232 g/mol. The highest BCUT2D eigenvalue weighted by molar-refractivity contribution is 5.27. The van der Waals surface area contributed by atoms with Crippen molar-refractivity contribution in [1.29, 1.82) is 0 Å². The molecule has 2 N–H and O–H groups in total. The molecule has 0 amide bonds. The number of benzene rings is 1. The molecule has 2 rings (SSSR count). The molecule has 1 aromatic carbocycles. The summed E-state index contributed by atoms with van der Waals surface area (Å²) in [6, 6.07) is 9.54. The minimum absolute atomic E-state index is 0.744. The zero-order chi connectivity index (χ0) is 12.1. The molecule has 94 valence electrons. The van der Waals surface area contributed by atoms with E-state index in [2.05, 4.69) is 36.1 Å². The summed E-state index contributed by atoms with van der Waals surface area (Å²) in [6.45, 7) is 5.41. The first-order valence-electron chi connectivity index (χ1n) is 6.86. The van der Waals surface area contributed by atoms with Gasteiger partial charge in [0.2, 0.25) is 0 Å². The summed E-state index contributed by atoms with van der Waals surface area (Å²) in [5.41, 5.74) is 8.58. The van der Waals surface area contributed by atoms with E-state index in [-0.39, 0.29) is 0 Å². The molecule has 0 bridgehead atoms. The molecule has 0 aliphatic carbocycles. The van der Waals surface area contributed by atoms with E-state index in [0.29, 0.717) is 0 Å². The van der Waals surface area contributed by atoms with Crippen molar-refractivity contribution in [1.82, 2.24) is 4.90 Å². The van der Waals surface area contributed by atoms with Crippen LogP contribution < -0.4 is 5.73 Å². The quantitative estimate of drug-likeness (QED) is 0.845. The van der Waals surface area contributed by atoms with Crippen LogP contribution in [0.3, 0.4) is 0 Å². The Labute approximate surface area is 105 Å². The summed E-state index contributed by atoms with van der Waals surface area (Å²) in [5.74, 6) is 0. The first-order chi connectivity index (χ1) is 8.35. The monoisotopic (exact) mass is 232 g/mol. The molecule has 1 atom stereocenters. The predicted octanol–water partition coefficient (Wildman–Crippen LogP) is 2.56. The molecule has 1 unspecified atom stereocenters. The maximum atomic E-state index is 5.68. The standard InChI is InChI=1S/C15H24N2/c1-2-15-8-5-11-17(15)12-14-7-4-3-6-13(14)9-10-16/h3-4,6-7,15H,2,5,8-12,16H2,1H3. The summed E-state index contributed by atoms with van der Waals surface area (Å²) in [4.78, 5) is 2.63. The van der Waals surface area contributed by atoms with E-state index in [0.717, 1.165) is 25.6 Å². The van der Waals surface area contributed by atoms with E-state index in [1.807, 2.05) is 0 Å². The van der Waals surface area contributed by atoms with Crippen LogP contribution in [-0.2, 0) is 13.0 Å². The van der Waals surface area contributed by atoms with Crippen molar-refractivity contribution < 1.29 is 0 Å². The zero-order valence-electron chi connectivity index (χ0n) is 10.9. The Morgan fingerprint density at radius 1 is 1.29 bits per heavy atom. The lowest BCUT2D eigenvalue weighted by molar-refractivity contribution is 0.239. The smallest absolute Gasteiger partial charge is 0.0239 e. The minimum atomic E-state index is 0.744. The van der Waals surface area contributed by atoms with Gasteiger partial charge in [0, 0.05) is 12.6 Å². The number of hydrogen-bond acceptors (Lipinski definition) is 2. The van der Waals surface area contributed by atoms with E-state index >= 15 is 0 Å². The molecule has 2 heteroatoms. The SMILES string of the molecule is CCC1CCCN1Cc1ccccc1CCN. The molecule has 1 aromatic rings. The lowest BCUT2D eigenvalue weighted by atomic mass is 10.0. The van der Waals surface area contributed by atoms with E-state index in [1.165, 1.54) is 36.9 Å². The van der Waals surface area contributed by atoms with Gasteiger partial charge in [-0.3, -0.25) is 4.90 Å². The van der Waals surface area contributed by atoms with Crippen LogP contribution in [0.1, 0.15) is 37.3 Å². The van der Waals surface area contributed by atoms with Gasteiger partial charge < -0.3 is 5.73 Å². The van der Waals surface area contributed by atoms with E-state index < -0.39 is 0 Å². The highest BCUT2D eigenvalue weighted by Crippen LogP contribution is 2.23. The minimum Gasteiger partial charge on any atom is -0.330 e. The number of rotatable bonds is 5. The molecule has 1 saturated heterocycles. The Balaban J connectivity index is 2.07. The molecule has 1 heterocycles. The van der Waals surface area contributed by atoms with E-state index in [4.69, 9.17) is 5.73 Å². The van der Waals surface area contributed by atoms with Gasteiger partial charge in [0.05, 0.1) is 0 Å². The van der Waals surface area contributed by atoms with Crippen molar-refractivity contribution in [2.24, 2.45) is 5.73 Å². The second-order valence-electron chi connectivity index (χ2n) is 4.98. The van der Waals surface area contributed by atoms with Crippen molar-refractivity contribution in [2.75, 3.05) is 13.1 Å². The highest BCUT2D eigenvalue weighted by atomic mass is 15.2. The second kappa shape index (κ2) is 6.18. The molecular weight excluding hydrogens is 208 g/mol. The van der Waals surface area contributed by atoms with Gasteiger partial charge in [0.25, 0.3) is 0 Å². The number of nitrogens with two attached hydrogens (primary N) is 1. The third-order valence-electron chi connectivity index (χ3n) is 3.88. The first kappa shape index (κ1) is 12.6. The van der Waals surface area contributed by atoms with Gasteiger partial charge in [-0.25, -0.2) is 0 Å². The largest absolute Gasteiger partial charge is 0.330 e. The average Bonchev–Trinajstić information content (AvgIpc) is 2.79. The molecule has 17 heavy (non-hydrogen) atoms. The van der Waals surface area contributed by atoms with Gasteiger partial charge in [-0.2, -0.15) is 0 Å². The lowest BCUT2D eigenvalue weighted by Crippen LogP contribution is -2.28. The summed E-state index contributed by atoms with van der Waals surface area (Å²) < 4.78 is 0. The summed E-state index contributed by atoms with van der Waals surface area (Å²) in [7, 11) is 0. The Morgan fingerprint density at radius 2 is 2.06 bits per heavy atom. The van der Waals surface area contributed by atoms with Crippen molar-refractivity contribution in [3.8, 4) is 0 Å². The molecule has 1 aliphatic rings. The fourth-order valence-electron chi connectivity index (χ4n) is 2.90. The maximum absolute atomic E-state index is 5.68. The topological polar surface area (TPSA) is 29.3 Å². The summed E-state index contributed by atoms with van der Waals surface area (Å²) in [5, 5.41) is 0. The van der Waals surface area contributed by atoms with Crippen molar-refractivity contribution in [2.45, 2.75) is 45.2 Å². The van der Waals surface area contributed by atoms with Crippen LogP contribution in [0.2, 0.25) is 0 Å². The van der Waals surface area contributed by atoms with Crippen LogP contribution in [0.25, 0.3) is 0 Å². The highest BCUT2D eigenvalue weighted by Gasteiger charge is 2.22. The molecule has 0 radical (unpaired) electrons. The Bertz CT molecular complexity index is 349. The van der Waals surface area contributed by atoms with Crippen LogP contribution in [0, 0.1) is 0 Å². The molecule has 1 fully saturated rings. The molecule has 1 aliphatic heterocycles. The van der Waals surface area contributed by atoms with Crippen molar-refractivity contribution in [3.05, 3.63) is 35.4 Å². The molecule has 0 aromatic heterocycles. The Hall–Kier alpha value is -0.860. The van der Waals surface area contributed by atoms with Gasteiger partial charge in [0.15, 0.2) is 0 Å². The number of likely N-dealkylation sites (tertiary alicyclic amines) is 1. The molecule has 0 spiro atoms. The van der Waals surface area contributed by atoms with Gasteiger partial charge >= 0.3 is 0 Å². The number of hydrogen-bond donors (Lipinski definition) is 1. The summed E-state index contributed by atoms with van der Waals surface area (Å²) >= 11 is 0. The fraction of sp³-hybridized carbons (Fsp3) is 0.600. The van der Waals surface area contributed by atoms with Gasteiger partial charge in [-0.05, 0) is 49.9 Å². The molecular formula is C15H24N2. The predicted molar refractivity (Wildman–Crippen MR) is 72.9 cm³/mol. The van der Waals surface area contributed by atoms with Crippen LogP contribution in [0.5, 0.6) is 0 Å². The Morgan fingerprint density at radius 3 is 2.76 bits per heavy atom. The van der Waals surface area contributed by atoms with Gasteiger partial charge in [-0.1, -0.05) is 31.2 Å². The van der Waals surface area contributed by atoms with Crippen LogP contribution in [0.4, 0.5) is 0 Å². The fourth-order valence-corrected chi connectivity index (χ4v) is 2.90. The van der Waals surface area contributed by atoms with Crippen LogP contribution in [-0.4, -0.2) is 24.0 Å². The van der Waals surface area contributed by atoms with Crippen molar-refractivity contribution >= 4 is 0 Å². The van der Waals surface area contributed by atoms with Gasteiger partial charge in [0.1, 0.15) is 0 Å². The third kappa shape index (κ3) is 3.08. The third-order valence-corrected chi connectivity index (χ3v) is 3.88. The zero-order valence-corrected chi connectivity index (χ0v) is 10.9. The maximum Gasteiger partial charge on any atom is 0.0239 e. The first-order valence-corrected chi connectivity index (χ1v) is 6.86. The van der Waals surface area contributed by atoms with E-state index in [9.17, 15) is 0 Å².